The SMILES string of the molecule is CCNCC(C)(CC)CN(C)c1ccccc1F. The molecule has 1 atom stereocenters. The number of hydrogen-bond acceptors (Lipinski definition) is 2. The minimum atomic E-state index is -0.151. The molecule has 0 aliphatic heterocycles. The Labute approximate surface area is 110 Å². The maximum Gasteiger partial charge on any atom is 0.146 e. The van der Waals surface area contributed by atoms with E-state index in [1.54, 1.807) is 6.07 Å². The van der Waals surface area contributed by atoms with E-state index in [4.69, 9.17) is 0 Å². The van der Waals surface area contributed by atoms with Crippen LogP contribution >= 0.6 is 0 Å². The van der Waals surface area contributed by atoms with Crippen molar-refractivity contribution in [3.8, 4) is 0 Å². The molecule has 0 spiro atoms. The summed E-state index contributed by atoms with van der Waals surface area (Å²) in [7, 11) is 1.96. The van der Waals surface area contributed by atoms with Crippen LogP contribution in [0.1, 0.15) is 27.2 Å². The van der Waals surface area contributed by atoms with Crippen LogP contribution in [0.2, 0.25) is 0 Å². The van der Waals surface area contributed by atoms with Gasteiger partial charge in [-0.3, -0.25) is 0 Å². The summed E-state index contributed by atoms with van der Waals surface area (Å²) in [6.45, 7) is 9.31. The van der Waals surface area contributed by atoms with Gasteiger partial charge in [-0.1, -0.05) is 32.9 Å². The van der Waals surface area contributed by atoms with Crippen molar-refractivity contribution in [1.82, 2.24) is 5.32 Å². The molecule has 0 radical (unpaired) electrons. The highest BCUT2D eigenvalue weighted by molar-refractivity contribution is 5.46. The van der Waals surface area contributed by atoms with Crippen molar-refractivity contribution in [2.24, 2.45) is 5.41 Å². The number of para-hydroxylation sites is 1. The van der Waals surface area contributed by atoms with Crippen molar-refractivity contribution in [2.75, 3.05) is 31.6 Å². The number of rotatable bonds is 7. The largest absolute Gasteiger partial charge is 0.372 e. The number of anilines is 1. The van der Waals surface area contributed by atoms with Gasteiger partial charge >= 0.3 is 0 Å². The van der Waals surface area contributed by atoms with Crippen molar-refractivity contribution in [3.63, 3.8) is 0 Å². The molecule has 0 aromatic heterocycles. The Bertz CT molecular complexity index is 367. The predicted molar refractivity (Wildman–Crippen MR) is 76.6 cm³/mol. The fourth-order valence-electron chi connectivity index (χ4n) is 2.14. The monoisotopic (exact) mass is 252 g/mol. The summed E-state index contributed by atoms with van der Waals surface area (Å²) in [6.07, 6.45) is 1.07. The molecule has 0 fully saturated rings. The van der Waals surface area contributed by atoms with Crippen LogP contribution in [-0.4, -0.2) is 26.7 Å². The number of nitrogens with zero attached hydrogens (tertiary/aromatic N) is 1. The van der Waals surface area contributed by atoms with Gasteiger partial charge in [-0.2, -0.15) is 0 Å². The first kappa shape index (κ1) is 15.0. The maximum atomic E-state index is 13.7. The molecule has 1 unspecified atom stereocenters. The Hall–Kier alpha value is -1.09. The van der Waals surface area contributed by atoms with E-state index in [1.807, 2.05) is 24.1 Å². The Kier molecular flexibility index (Phi) is 5.60. The van der Waals surface area contributed by atoms with Crippen LogP contribution in [0.25, 0.3) is 0 Å². The third-order valence-corrected chi connectivity index (χ3v) is 3.54. The Morgan fingerprint density at radius 2 is 1.94 bits per heavy atom. The van der Waals surface area contributed by atoms with Crippen molar-refractivity contribution in [1.29, 1.82) is 0 Å². The summed E-state index contributed by atoms with van der Waals surface area (Å²) in [5, 5.41) is 3.39. The fourth-order valence-corrected chi connectivity index (χ4v) is 2.14. The van der Waals surface area contributed by atoms with Gasteiger partial charge in [0.2, 0.25) is 0 Å². The van der Waals surface area contributed by atoms with Crippen molar-refractivity contribution in [3.05, 3.63) is 30.1 Å². The lowest BCUT2D eigenvalue weighted by atomic mass is 9.86. The van der Waals surface area contributed by atoms with Gasteiger partial charge < -0.3 is 10.2 Å². The summed E-state index contributed by atoms with van der Waals surface area (Å²) in [4.78, 5) is 2.01. The van der Waals surface area contributed by atoms with E-state index in [1.165, 1.54) is 6.07 Å². The third kappa shape index (κ3) is 3.98. The predicted octanol–water partition coefficient (Wildman–Crippen LogP) is 3.29. The van der Waals surface area contributed by atoms with E-state index in [0.29, 0.717) is 5.69 Å². The lowest BCUT2D eigenvalue weighted by molar-refractivity contribution is 0.301. The first-order valence-electron chi connectivity index (χ1n) is 6.69. The van der Waals surface area contributed by atoms with Crippen LogP contribution in [0.4, 0.5) is 10.1 Å². The van der Waals surface area contributed by atoms with Crippen molar-refractivity contribution >= 4 is 5.69 Å². The van der Waals surface area contributed by atoms with Gasteiger partial charge in [0.15, 0.2) is 0 Å². The average molecular weight is 252 g/mol. The lowest BCUT2D eigenvalue weighted by Crippen LogP contribution is -2.41. The van der Waals surface area contributed by atoms with Gasteiger partial charge in [-0.15, -0.1) is 0 Å². The second-order valence-electron chi connectivity index (χ2n) is 5.25. The molecule has 0 heterocycles. The first-order valence-corrected chi connectivity index (χ1v) is 6.69. The number of benzene rings is 1. The summed E-state index contributed by atoms with van der Waals surface area (Å²) in [5.74, 6) is -0.151. The van der Waals surface area contributed by atoms with Crippen LogP contribution in [0.5, 0.6) is 0 Å². The van der Waals surface area contributed by atoms with E-state index in [9.17, 15) is 4.39 Å². The van der Waals surface area contributed by atoms with Crippen molar-refractivity contribution < 1.29 is 4.39 Å². The Morgan fingerprint density at radius 1 is 1.28 bits per heavy atom. The average Bonchev–Trinajstić information content (AvgIpc) is 2.37. The third-order valence-electron chi connectivity index (χ3n) is 3.54. The van der Waals surface area contributed by atoms with Crippen LogP contribution < -0.4 is 10.2 Å². The van der Waals surface area contributed by atoms with E-state index >= 15 is 0 Å². The molecule has 1 aromatic rings. The fraction of sp³-hybridized carbons (Fsp3) is 0.600. The molecule has 102 valence electrons. The quantitative estimate of drug-likeness (QED) is 0.801. The number of halogens is 1. The molecule has 18 heavy (non-hydrogen) atoms. The molecule has 0 saturated carbocycles. The second-order valence-corrected chi connectivity index (χ2v) is 5.25. The molecule has 0 amide bonds. The summed E-state index contributed by atoms with van der Waals surface area (Å²) >= 11 is 0. The standard InChI is InChI=1S/C15H25FN2/c1-5-15(3,11-17-6-2)12-18(4)14-10-8-7-9-13(14)16/h7-10,17H,5-6,11-12H2,1-4H3. The molecule has 0 aliphatic rings. The first-order chi connectivity index (χ1) is 8.52. The van der Waals surface area contributed by atoms with Crippen LogP contribution in [0.15, 0.2) is 24.3 Å². The van der Waals surface area contributed by atoms with Gasteiger partial charge in [0.25, 0.3) is 0 Å². The van der Waals surface area contributed by atoms with Crippen LogP contribution in [0.3, 0.4) is 0 Å². The molecule has 3 heteroatoms. The zero-order valence-electron chi connectivity index (χ0n) is 12.0. The molecular formula is C15H25FN2. The van der Waals surface area contributed by atoms with Gasteiger partial charge in [-0.25, -0.2) is 4.39 Å². The lowest BCUT2D eigenvalue weighted by Gasteiger charge is -2.34. The van der Waals surface area contributed by atoms with E-state index in [0.717, 1.165) is 26.1 Å². The van der Waals surface area contributed by atoms with Gasteiger partial charge in [0.05, 0.1) is 5.69 Å². The van der Waals surface area contributed by atoms with Gasteiger partial charge in [0.1, 0.15) is 5.82 Å². The summed E-state index contributed by atoms with van der Waals surface area (Å²) < 4.78 is 13.7. The van der Waals surface area contributed by atoms with Crippen molar-refractivity contribution in [2.45, 2.75) is 27.2 Å². The van der Waals surface area contributed by atoms with Crippen LogP contribution in [0, 0.1) is 11.2 Å². The summed E-state index contributed by atoms with van der Waals surface area (Å²) in [5.41, 5.74) is 0.834. The highest BCUT2D eigenvalue weighted by Crippen LogP contribution is 2.25. The summed E-state index contributed by atoms with van der Waals surface area (Å²) in [6, 6.07) is 6.95. The molecule has 0 saturated heterocycles. The highest BCUT2D eigenvalue weighted by Gasteiger charge is 2.24. The van der Waals surface area contributed by atoms with Gasteiger partial charge in [0, 0.05) is 20.1 Å². The van der Waals surface area contributed by atoms with E-state index in [-0.39, 0.29) is 11.2 Å². The number of hydrogen-bond donors (Lipinski definition) is 1. The van der Waals surface area contributed by atoms with Crippen LogP contribution in [-0.2, 0) is 0 Å². The van der Waals surface area contributed by atoms with Gasteiger partial charge in [-0.05, 0) is 30.5 Å². The topological polar surface area (TPSA) is 15.3 Å². The molecule has 1 N–H and O–H groups in total. The molecular weight excluding hydrogens is 227 g/mol. The molecule has 0 aliphatic carbocycles. The molecule has 0 bridgehead atoms. The normalized spacial score (nSPS) is 14.3. The molecule has 1 aromatic carbocycles. The highest BCUT2D eigenvalue weighted by atomic mass is 19.1. The maximum absolute atomic E-state index is 13.7. The second kappa shape index (κ2) is 6.74. The Morgan fingerprint density at radius 3 is 2.50 bits per heavy atom. The zero-order valence-corrected chi connectivity index (χ0v) is 12.0. The smallest absolute Gasteiger partial charge is 0.146 e. The van der Waals surface area contributed by atoms with E-state index in [2.05, 4.69) is 26.1 Å². The minimum absolute atomic E-state index is 0.151. The molecule has 1 rings (SSSR count). The number of nitrogens with one attached hydrogen (secondary N) is 1. The van der Waals surface area contributed by atoms with E-state index < -0.39 is 0 Å². The minimum Gasteiger partial charge on any atom is -0.372 e. The zero-order chi connectivity index (χ0) is 13.6. The Balaban J connectivity index is 2.73. The molecule has 2 nitrogen and oxygen atoms in total.